The lowest BCUT2D eigenvalue weighted by atomic mass is 10.3. The van der Waals surface area contributed by atoms with Gasteiger partial charge in [0, 0.05) is 0 Å². The summed E-state index contributed by atoms with van der Waals surface area (Å²) in [6, 6.07) is 2.88. The smallest absolute Gasteiger partial charge is 0.335 e. The van der Waals surface area contributed by atoms with Gasteiger partial charge in [0.2, 0.25) is 0 Å². The second-order valence-electron chi connectivity index (χ2n) is 1.81. The third-order valence-corrected chi connectivity index (χ3v) is 1.82. The van der Waals surface area contributed by atoms with Gasteiger partial charge in [-0.25, -0.2) is 9.78 Å². The number of carboxylic acid groups (broad SMARTS) is 1. The van der Waals surface area contributed by atoms with Gasteiger partial charge in [0.25, 0.3) is 0 Å². The summed E-state index contributed by atoms with van der Waals surface area (Å²) < 4.78 is 1.01. The molecule has 0 aliphatic rings. The summed E-state index contributed by atoms with van der Waals surface area (Å²) in [6.07, 6.45) is 0. The van der Waals surface area contributed by atoms with E-state index >= 15 is 0 Å². The van der Waals surface area contributed by atoms with Crippen molar-refractivity contribution in [2.24, 2.45) is 0 Å². The van der Waals surface area contributed by atoms with Gasteiger partial charge in [0.15, 0.2) is 0 Å². The highest BCUT2D eigenvalue weighted by molar-refractivity contribution is 9.11. The van der Waals surface area contributed by atoms with Gasteiger partial charge in [-0.3, -0.25) is 0 Å². The van der Waals surface area contributed by atoms with Crippen molar-refractivity contribution in [1.29, 1.82) is 0 Å². The van der Waals surface area contributed by atoms with Crippen LogP contribution in [0.15, 0.2) is 21.3 Å². The molecule has 0 bridgehead atoms. The average Bonchev–Trinajstić information content (AvgIpc) is 1.85. The Bertz CT molecular complexity index is 283. The zero-order valence-corrected chi connectivity index (χ0v) is 10.5. The van der Waals surface area contributed by atoms with Gasteiger partial charge >= 0.3 is 5.97 Å². The van der Waals surface area contributed by atoms with Gasteiger partial charge in [-0.15, -0.1) is 17.0 Å². The highest BCUT2D eigenvalue weighted by atomic mass is 79.9. The zero-order chi connectivity index (χ0) is 8.43. The molecule has 12 heavy (non-hydrogen) atoms. The Morgan fingerprint density at radius 3 is 2.08 bits per heavy atom. The van der Waals surface area contributed by atoms with Crippen molar-refractivity contribution in [1.82, 2.24) is 4.98 Å². The number of rotatable bonds is 1. The molecule has 0 aliphatic heterocycles. The summed E-state index contributed by atoms with van der Waals surface area (Å²) in [5, 5.41) is 8.56. The molecule has 0 spiro atoms. The lowest BCUT2D eigenvalue weighted by Gasteiger charge is -1.95. The number of hydrogen-bond acceptors (Lipinski definition) is 2. The fourth-order valence-electron chi connectivity index (χ4n) is 0.588. The quantitative estimate of drug-likeness (QED) is 0.782. The normalized spacial score (nSPS) is 8.83. The number of nitrogens with zero attached hydrogens (tertiary/aromatic N) is 1. The topological polar surface area (TPSA) is 50.2 Å². The fourth-order valence-corrected chi connectivity index (χ4v) is 1.70. The Morgan fingerprint density at radius 2 is 1.75 bits per heavy atom. The molecule has 1 heterocycles. The number of aromatic nitrogens is 1. The van der Waals surface area contributed by atoms with Crippen molar-refractivity contribution in [2.75, 3.05) is 0 Å². The van der Waals surface area contributed by atoms with Crippen LogP contribution in [0.5, 0.6) is 0 Å². The summed E-state index contributed by atoms with van der Waals surface area (Å²) >= 11 is 6.15. The van der Waals surface area contributed by atoms with Gasteiger partial charge in [-0.1, -0.05) is 0 Å². The van der Waals surface area contributed by atoms with Crippen LogP contribution in [0.1, 0.15) is 10.4 Å². The molecule has 1 N–H and O–H groups in total. The molecule has 0 aromatic carbocycles. The molecular formula is C6H4Br3NO2. The minimum absolute atomic E-state index is 0. The molecular weight excluding hydrogens is 358 g/mol. The molecule has 0 aliphatic carbocycles. The first-order valence-electron chi connectivity index (χ1n) is 2.66. The van der Waals surface area contributed by atoms with E-state index in [2.05, 4.69) is 36.8 Å². The van der Waals surface area contributed by atoms with Gasteiger partial charge in [-0.2, -0.15) is 0 Å². The maximum Gasteiger partial charge on any atom is 0.335 e. The molecule has 3 nitrogen and oxygen atoms in total. The van der Waals surface area contributed by atoms with Crippen LogP contribution in [0.2, 0.25) is 0 Å². The molecule has 0 radical (unpaired) electrons. The Hall–Kier alpha value is 0.0600. The molecule has 1 aromatic heterocycles. The summed E-state index contributed by atoms with van der Waals surface area (Å²) in [5.41, 5.74) is 0.207. The Balaban J connectivity index is 0.00000121. The Morgan fingerprint density at radius 1 is 1.33 bits per heavy atom. The lowest BCUT2D eigenvalue weighted by Crippen LogP contribution is -1.96. The van der Waals surface area contributed by atoms with Crippen LogP contribution in [-0.4, -0.2) is 16.1 Å². The summed E-state index contributed by atoms with van der Waals surface area (Å²) in [4.78, 5) is 14.3. The van der Waals surface area contributed by atoms with Crippen molar-refractivity contribution in [3.63, 3.8) is 0 Å². The lowest BCUT2D eigenvalue weighted by molar-refractivity contribution is 0.0696. The third-order valence-electron chi connectivity index (χ3n) is 1.01. The molecule has 0 fully saturated rings. The number of halogens is 3. The third kappa shape index (κ3) is 3.20. The van der Waals surface area contributed by atoms with Gasteiger partial charge in [0.1, 0.15) is 9.21 Å². The summed E-state index contributed by atoms with van der Waals surface area (Å²) in [5.74, 6) is -0.964. The molecule has 6 heteroatoms. The minimum atomic E-state index is -0.964. The standard InChI is InChI=1S/C6H3Br2NO2.BrH/c7-4-1-3(6(10)11)2-5(8)9-4;/h1-2H,(H,10,11);1H. The van der Waals surface area contributed by atoms with E-state index in [1.54, 1.807) is 0 Å². The maximum atomic E-state index is 10.4. The molecule has 0 unspecified atom stereocenters. The average molecular weight is 362 g/mol. The summed E-state index contributed by atoms with van der Waals surface area (Å²) in [6.45, 7) is 0. The van der Waals surface area contributed by atoms with Crippen molar-refractivity contribution in [2.45, 2.75) is 0 Å². The predicted molar refractivity (Wildman–Crippen MR) is 56.9 cm³/mol. The monoisotopic (exact) mass is 359 g/mol. The fraction of sp³-hybridized carbons (Fsp3) is 0. The van der Waals surface area contributed by atoms with E-state index < -0.39 is 5.97 Å². The highest BCUT2D eigenvalue weighted by Gasteiger charge is 2.04. The molecule has 66 valence electrons. The Labute approximate surface area is 96.2 Å². The highest BCUT2D eigenvalue weighted by Crippen LogP contribution is 2.15. The number of carboxylic acids is 1. The van der Waals surface area contributed by atoms with E-state index in [-0.39, 0.29) is 22.5 Å². The predicted octanol–water partition coefficient (Wildman–Crippen LogP) is 2.88. The van der Waals surface area contributed by atoms with Crippen molar-refractivity contribution < 1.29 is 9.90 Å². The van der Waals surface area contributed by atoms with E-state index in [0.717, 1.165) is 0 Å². The van der Waals surface area contributed by atoms with Crippen LogP contribution < -0.4 is 0 Å². The van der Waals surface area contributed by atoms with E-state index in [4.69, 9.17) is 5.11 Å². The Kier molecular flexibility index (Phi) is 4.96. The first-order chi connectivity index (χ1) is 5.09. The van der Waals surface area contributed by atoms with Crippen LogP contribution in [-0.2, 0) is 0 Å². The van der Waals surface area contributed by atoms with Crippen LogP contribution in [0.4, 0.5) is 0 Å². The first kappa shape index (κ1) is 12.1. The van der Waals surface area contributed by atoms with Crippen molar-refractivity contribution in [3.8, 4) is 0 Å². The van der Waals surface area contributed by atoms with E-state index in [0.29, 0.717) is 9.21 Å². The largest absolute Gasteiger partial charge is 0.478 e. The number of hydrogen-bond donors (Lipinski definition) is 1. The molecule has 0 amide bonds. The van der Waals surface area contributed by atoms with Gasteiger partial charge in [0.05, 0.1) is 5.56 Å². The van der Waals surface area contributed by atoms with Gasteiger partial charge < -0.3 is 5.11 Å². The zero-order valence-electron chi connectivity index (χ0n) is 5.62. The number of carbonyl (C=O) groups is 1. The van der Waals surface area contributed by atoms with E-state index in [1.807, 2.05) is 0 Å². The van der Waals surface area contributed by atoms with E-state index in [1.165, 1.54) is 12.1 Å². The second-order valence-corrected chi connectivity index (χ2v) is 3.43. The van der Waals surface area contributed by atoms with Crippen LogP contribution >= 0.6 is 48.8 Å². The van der Waals surface area contributed by atoms with Crippen molar-refractivity contribution in [3.05, 3.63) is 26.9 Å². The van der Waals surface area contributed by atoms with Crippen LogP contribution in [0, 0.1) is 0 Å². The summed E-state index contributed by atoms with van der Waals surface area (Å²) in [7, 11) is 0. The van der Waals surface area contributed by atoms with Crippen molar-refractivity contribution >= 4 is 54.8 Å². The number of pyridine rings is 1. The van der Waals surface area contributed by atoms with Gasteiger partial charge in [-0.05, 0) is 44.0 Å². The SMILES string of the molecule is Br.O=C(O)c1cc(Br)nc(Br)c1. The van der Waals surface area contributed by atoms with Crippen LogP contribution in [0.25, 0.3) is 0 Å². The number of aromatic carboxylic acids is 1. The van der Waals surface area contributed by atoms with E-state index in [9.17, 15) is 4.79 Å². The minimum Gasteiger partial charge on any atom is -0.478 e. The molecule has 1 aromatic rings. The maximum absolute atomic E-state index is 10.4. The molecule has 0 saturated heterocycles. The first-order valence-corrected chi connectivity index (χ1v) is 4.24. The molecule has 0 saturated carbocycles. The van der Waals surface area contributed by atoms with Crippen LogP contribution in [0.3, 0.4) is 0 Å². The molecule has 0 atom stereocenters. The molecule has 1 rings (SSSR count). The second kappa shape index (κ2) is 4.94.